The van der Waals surface area contributed by atoms with Crippen molar-refractivity contribution < 1.29 is 13.6 Å². The third-order valence-corrected chi connectivity index (χ3v) is 6.10. The van der Waals surface area contributed by atoms with Crippen LogP contribution in [0.3, 0.4) is 0 Å². The van der Waals surface area contributed by atoms with Crippen LogP contribution in [0.4, 0.5) is 8.78 Å². The molecule has 4 fully saturated rings. The van der Waals surface area contributed by atoms with Crippen molar-refractivity contribution in [3.05, 3.63) is 0 Å². The fraction of sp³-hybridized carbons (Fsp3) is 0.933. The van der Waals surface area contributed by atoms with Gasteiger partial charge in [0.2, 0.25) is 5.91 Å². The molecule has 2 nitrogen and oxygen atoms in total. The second kappa shape index (κ2) is 5.15. The number of hydrogen-bond acceptors (Lipinski definition) is 2. The Bertz CT molecular complexity index is 362. The van der Waals surface area contributed by atoms with Crippen molar-refractivity contribution in [2.24, 2.45) is 23.2 Å². The summed E-state index contributed by atoms with van der Waals surface area (Å²) < 4.78 is 23.8. The molecule has 0 heterocycles. The van der Waals surface area contributed by atoms with E-state index in [1.807, 2.05) is 0 Å². The normalized spacial score (nSPS) is 39.0. The molecule has 0 aromatic carbocycles. The summed E-state index contributed by atoms with van der Waals surface area (Å²) >= 11 is 3.86. The van der Waals surface area contributed by atoms with Gasteiger partial charge in [0, 0.05) is 6.54 Å². The largest absolute Gasteiger partial charge is 0.354 e. The number of alkyl halides is 2. The first-order chi connectivity index (χ1) is 9.48. The zero-order valence-corrected chi connectivity index (χ0v) is 12.6. The number of nitrogens with one attached hydrogen (secondary N) is 1. The number of amides is 1. The SMILES string of the molecule is O=C(NCC12CC3CC(CC(C3)C1)C2)C(S)(CF)CF. The number of halogens is 2. The van der Waals surface area contributed by atoms with E-state index in [0.717, 1.165) is 17.8 Å². The number of hydrogen-bond donors (Lipinski definition) is 2. The van der Waals surface area contributed by atoms with E-state index in [9.17, 15) is 13.6 Å². The molecule has 0 saturated heterocycles. The number of thiol groups is 1. The molecule has 0 radical (unpaired) electrons. The zero-order chi connectivity index (χ0) is 14.4. The Morgan fingerprint density at radius 2 is 1.55 bits per heavy atom. The van der Waals surface area contributed by atoms with Crippen molar-refractivity contribution in [1.29, 1.82) is 0 Å². The molecule has 0 spiro atoms. The Morgan fingerprint density at radius 3 is 1.95 bits per heavy atom. The second-order valence-corrected chi connectivity index (χ2v) is 8.26. The van der Waals surface area contributed by atoms with Crippen molar-refractivity contribution in [1.82, 2.24) is 5.32 Å². The van der Waals surface area contributed by atoms with Gasteiger partial charge in [-0.05, 0) is 61.7 Å². The molecule has 4 saturated carbocycles. The summed E-state index contributed by atoms with van der Waals surface area (Å²) in [6, 6.07) is 0. The number of rotatable bonds is 5. The lowest BCUT2D eigenvalue weighted by molar-refractivity contribution is -0.126. The Labute approximate surface area is 124 Å². The van der Waals surface area contributed by atoms with E-state index in [1.54, 1.807) is 0 Å². The van der Waals surface area contributed by atoms with Gasteiger partial charge in [-0.2, -0.15) is 12.6 Å². The minimum absolute atomic E-state index is 0.186. The number of carbonyl (C=O) groups excluding carboxylic acids is 1. The monoisotopic (exact) mass is 303 g/mol. The van der Waals surface area contributed by atoms with Gasteiger partial charge in [-0.3, -0.25) is 4.79 Å². The maximum Gasteiger partial charge on any atom is 0.241 e. The average molecular weight is 303 g/mol. The molecule has 0 aromatic rings. The highest BCUT2D eigenvalue weighted by molar-refractivity contribution is 7.82. The molecular formula is C15H23F2NOS. The van der Waals surface area contributed by atoms with E-state index in [2.05, 4.69) is 17.9 Å². The van der Waals surface area contributed by atoms with Crippen LogP contribution in [0, 0.1) is 23.2 Å². The predicted octanol–water partition coefficient (Wildman–Crippen LogP) is 2.93. The van der Waals surface area contributed by atoms with Gasteiger partial charge in [0.25, 0.3) is 0 Å². The van der Waals surface area contributed by atoms with Gasteiger partial charge in [-0.15, -0.1) is 0 Å². The molecule has 0 unspecified atom stereocenters. The van der Waals surface area contributed by atoms with Crippen LogP contribution in [0.25, 0.3) is 0 Å². The average Bonchev–Trinajstić information content (AvgIpc) is 2.42. The Hall–Kier alpha value is -0.320. The minimum atomic E-state index is -1.80. The molecule has 0 aliphatic heterocycles. The third-order valence-electron chi connectivity index (χ3n) is 5.65. The van der Waals surface area contributed by atoms with Crippen LogP contribution in [0.15, 0.2) is 0 Å². The molecule has 1 amide bonds. The van der Waals surface area contributed by atoms with E-state index in [1.165, 1.54) is 38.5 Å². The van der Waals surface area contributed by atoms with Gasteiger partial charge in [0.1, 0.15) is 18.1 Å². The first kappa shape index (κ1) is 14.6. The summed E-state index contributed by atoms with van der Waals surface area (Å²) in [5.41, 5.74) is 0.186. The van der Waals surface area contributed by atoms with Crippen LogP contribution < -0.4 is 5.32 Å². The molecule has 1 N–H and O–H groups in total. The van der Waals surface area contributed by atoms with Gasteiger partial charge in [-0.1, -0.05) is 0 Å². The maximum absolute atomic E-state index is 12.8. The first-order valence-corrected chi connectivity index (χ1v) is 8.06. The van der Waals surface area contributed by atoms with Gasteiger partial charge < -0.3 is 5.32 Å². The van der Waals surface area contributed by atoms with Gasteiger partial charge in [0.05, 0.1) is 0 Å². The van der Waals surface area contributed by atoms with Crippen LogP contribution >= 0.6 is 12.6 Å². The molecule has 20 heavy (non-hydrogen) atoms. The van der Waals surface area contributed by atoms with Gasteiger partial charge in [0.15, 0.2) is 0 Å². The fourth-order valence-corrected chi connectivity index (χ4v) is 5.17. The first-order valence-electron chi connectivity index (χ1n) is 7.61. The Morgan fingerprint density at radius 1 is 1.10 bits per heavy atom. The quantitative estimate of drug-likeness (QED) is 0.751. The van der Waals surface area contributed by atoms with E-state index in [-0.39, 0.29) is 5.41 Å². The van der Waals surface area contributed by atoms with Crippen molar-refractivity contribution in [3.8, 4) is 0 Å². The summed E-state index contributed by atoms with van der Waals surface area (Å²) in [4.78, 5) is 12.0. The Kier molecular flexibility index (Phi) is 3.76. The minimum Gasteiger partial charge on any atom is -0.354 e. The van der Waals surface area contributed by atoms with Crippen LogP contribution in [0.1, 0.15) is 38.5 Å². The third kappa shape index (κ3) is 2.46. The van der Waals surface area contributed by atoms with Crippen molar-refractivity contribution in [3.63, 3.8) is 0 Å². The van der Waals surface area contributed by atoms with Gasteiger partial charge >= 0.3 is 0 Å². The van der Waals surface area contributed by atoms with Crippen molar-refractivity contribution in [2.75, 3.05) is 19.9 Å². The molecule has 0 atom stereocenters. The fourth-order valence-electron chi connectivity index (χ4n) is 5.10. The molecule has 0 aromatic heterocycles. The van der Waals surface area contributed by atoms with E-state index < -0.39 is 24.0 Å². The zero-order valence-electron chi connectivity index (χ0n) is 11.7. The summed E-state index contributed by atoms with van der Waals surface area (Å²) in [6.45, 7) is -1.57. The molecular weight excluding hydrogens is 280 g/mol. The molecule has 4 rings (SSSR count). The topological polar surface area (TPSA) is 29.1 Å². The molecule has 4 aliphatic carbocycles. The van der Waals surface area contributed by atoms with Crippen LogP contribution in [-0.2, 0) is 4.79 Å². The van der Waals surface area contributed by atoms with E-state index in [4.69, 9.17) is 0 Å². The molecule has 5 heteroatoms. The molecule has 114 valence electrons. The summed E-state index contributed by atoms with van der Waals surface area (Å²) in [7, 11) is 0. The Balaban J connectivity index is 1.62. The van der Waals surface area contributed by atoms with Crippen molar-refractivity contribution >= 4 is 18.5 Å². The van der Waals surface area contributed by atoms with E-state index in [0.29, 0.717) is 6.54 Å². The highest BCUT2D eigenvalue weighted by Crippen LogP contribution is 2.59. The predicted molar refractivity (Wildman–Crippen MR) is 77.3 cm³/mol. The van der Waals surface area contributed by atoms with Crippen molar-refractivity contribution in [2.45, 2.75) is 43.3 Å². The van der Waals surface area contributed by atoms with Crippen LogP contribution in [-0.4, -0.2) is 30.5 Å². The highest BCUT2D eigenvalue weighted by atomic mass is 32.1. The lowest BCUT2D eigenvalue weighted by Crippen LogP contribution is -2.54. The van der Waals surface area contributed by atoms with Crippen LogP contribution in [0.5, 0.6) is 0 Å². The standard InChI is InChI=1S/C15H23F2NOS/c16-7-15(20,8-17)13(19)18-9-14-4-10-1-11(5-14)3-12(2-10)6-14/h10-12,20H,1-9H2,(H,18,19). The lowest BCUT2D eigenvalue weighted by atomic mass is 9.49. The number of carbonyl (C=O) groups is 1. The molecule has 4 bridgehead atoms. The lowest BCUT2D eigenvalue weighted by Gasteiger charge is -2.57. The summed E-state index contributed by atoms with van der Waals surface area (Å²) in [5, 5.41) is 2.79. The smallest absolute Gasteiger partial charge is 0.241 e. The second-order valence-electron chi connectivity index (χ2n) is 7.40. The van der Waals surface area contributed by atoms with Crippen LogP contribution in [0.2, 0.25) is 0 Å². The highest BCUT2D eigenvalue weighted by Gasteiger charge is 2.51. The van der Waals surface area contributed by atoms with Gasteiger partial charge in [-0.25, -0.2) is 8.78 Å². The maximum atomic E-state index is 12.8. The summed E-state index contributed by atoms with van der Waals surface area (Å²) in [6.07, 6.45) is 7.55. The van der Waals surface area contributed by atoms with E-state index >= 15 is 0 Å². The molecule has 4 aliphatic rings. The summed E-state index contributed by atoms with van der Waals surface area (Å²) in [5.74, 6) is 1.82.